The Bertz CT molecular complexity index is 701. The van der Waals surface area contributed by atoms with E-state index in [9.17, 15) is 9.59 Å². The lowest BCUT2D eigenvalue weighted by atomic mass is 10.1. The molecule has 0 bridgehead atoms. The van der Waals surface area contributed by atoms with Crippen LogP contribution in [0.2, 0.25) is 0 Å². The third-order valence-corrected chi connectivity index (χ3v) is 3.81. The topological polar surface area (TPSA) is 58.6 Å². The predicted molar refractivity (Wildman–Crippen MR) is 98.8 cm³/mol. The van der Waals surface area contributed by atoms with E-state index in [0.717, 1.165) is 17.7 Å². The first kappa shape index (κ1) is 18.5. The molecule has 5 nitrogen and oxygen atoms in total. The molecular formula is C20H24N2O3. The fourth-order valence-corrected chi connectivity index (χ4v) is 2.54. The van der Waals surface area contributed by atoms with Crippen LogP contribution < -0.4 is 15.0 Å². The average molecular weight is 340 g/mol. The SMILES string of the molecule is CCc1ccccc1N(CCNC(=O)COc1ccccc1)C(C)=O. The maximum atomic E-state index is 12.0. The molecule has 0 saturated heterocycles. The number of para-hydroxylation sites is 2. The van der Waals surface area contributed by atoms with Crippen molar-refractivity contribution in [1.29, 1.82) is 0 Å². The van der Waals surface area contributed by atoms with Crippen LogP contribution >= 0.6 is 0 Å². The van der Waals surface area contributed by atoms with Gasteiger partial charge < -0.3 is 15.0 Å². The van der Waals surface area contributed by atoms with Gasteiger partial charge in [0, 0.05) is 25.7 Å². The number of rotatable bonds is 8. The summed E-state index contributed by atoms with van der Waals surface area (Å²) in [6, 6.07) is 17.0. The quantitative estimate of drug-likeness (QED) is 0.804. The lowest BCUT2D eigenvalue weighted by Gasteiger charge is -2.24. The number of nitrogens with zero attached hydrogens (tertiary/aromatic N) is 1. The van der Waals surface area contributed by atoms with Crippen LogP contribution in [0.3, 0.4) is 0 Å². The van der Waals surface area contributed by atoms with Crippen LogP contribution in [0.15, 0.2) is 54.6 Å². The van der Waals surface area contributed by atoms with E-state index in [-0.39, 0.29) is 18.4 Å². The zero-order chi connectivity index (χ0) is 18.1. The summed E-state index contributed by atoms with van der Waals surface area (Å²) in [6.07, 6.45) is 0.844. The van der Waals surface area contributed by atoms with Gasteiger partial charge in [-0.1, -0.05) is 43.3 Å². The van der Waals surface area contributed by atoms with Gasteiger partial charge in [-0.15, -0.1) is 0 Å². The highest BCUT2D eigenvalue weighted by Crippen LogP contribution is 2.20. The fourth-order valence-electron chi connectivity index (χ4n) is 2.54. The van der Waals surface area contributed by atoms with Gasteiger partial charge in [0.25, 0.3) is 5.91 Å². The number of benzene rings is 2. The third-order valence-electron chi connectivity index (χ3n) is 3.81. The minimum Gasteiger partial charge on any atom is -0.484 e. The van der Waals surface area contributed by atoms with E-state index in [0.29, 0.717) is 18.8 Å². The maximum absolute atomic E-state index is 12.0. The Labute approximate surface area is 148 Å². The molecule has 0 aliphatic carbocycles. The maximum Gasteiger partial charge on any atom is 0.258 e. The van der Waals surface area contributed by atoms with Gasteiger partial charge in [0.05, 0.1) is 0 Å². The van der Waals surface area contributed by atoms with Crippen molar-refractivity contribution in [2.24, 2.45) is 0 Å². The van der Waals surface area contributed by atoms with Crippen LogP contribution in [0.1, 0.15) is 19.4 Å². The van der Waals surface area contributed by atoms with Crippen molar-refractivity contribution < 1.29 is 14.3 Å². The molecule has 0 aliphatic rings. The summed E-state index contributed by atoms with van der Waals surface area (Å²) in [5.74, 6) is 0.395. The Hall–Kier alpha value is -2.82. The predicted octanol–water partition coefficient (Wildman–Crippen LogP) is 2.80. The number of nitrogens with one attached hydrogen (secondary N) is 1. The summed E-state index contributed by atoms with van der Waals surface area (Å²) < 4.78 is 5.40. The zero-order valence-electron chi connectivity index (χ0n) is 14.7. The monoisotopic (exact) mass is 340 g/mol. The fraction of sp³-hybridized carbons (Fsp3) is 0.300. The van der Waals surface area contributed by atoms with E-state index >= 15 is 0 Å². The first-order chi connectivity index (χ1) is 12.1. The smallest absolute Gasteiger partial charge is 0.258 e. The molecule has 0 radical (unpaired) electrons. The molecule has 132 valence electrons. The van der Waals surface area contributed by atoms with Gasteiger partial charge in [0.15, 0.2) is 6.61 Å². The number of ether oxygens (including phenoxy) is 1. The van der Waals surface area contributed by atoms with Crippen LogP contribution in [0.5, 0.6) is 5.75 Å². The Morgan fingerprint density at radius 3 is 2.40 bits per heavy atom. The van der Waals surface area contributed by atoms with Gasteiger partial charge in [-0.3, -0.25) is 9.59 Å². The summed E-state index contributed by atoms with van der Waals surface area (Å²) in [5, 5.41) is 2.79. The second-order valence-electron chi connectivity index (χ2n) is 5.60. The van der Waals surface area contributed by atoms with Crippen LogP contribution in [-0.2, 0) is 16.0 Å². The van der Waals surface area contributed by atoms with Crippen molar-refractivity contribution in [3.63, 3.8) is 0 Å². The molecule has 0 aliphatic heterocycles. The Kier molecular flexibility index (Phi) is 7.01. The van der Waals surface area contributed by atoms with Gasteiger partial charge in [-0.2, -0.15) is 0 Å². The van der Waals surface area contributed by atoms with Gasteiger partial charge >= 0.3 is 0 Å². The van der Waals surface area contributed by atoms with E-state index in [4.69, 9.17) is 4.74 Å². The van der Waals surface area contributed by atoms with Gasteiger partial charge in [-0.25, -0.2) is 0 Å². The summed E-state index contributed by atoms with van der Waals surface area (Å²) >= 11 is 0. The normalized spacial score (nSPS) is 10.2. The number of aryl methyl sites for hydroxylation is 1. The molecule has 5 heteroatoms. The minimum absolute atomic E-state index is 0.0457. The standard InChI is InChI=1S/C20H24N2O3/c1-3-17-9-7-8-12-19(17)22(16(2)23)14-13-21-20(24)15-25-18-10-5-4-6-11-18/h4-12H,3,13-15H2,1-2H3,(H,21,24). The van der Waals surface area contributed by atoms with E-state index in [2.05, 4.69) is 12.2 Å². The number of hydrogen-bond acceptors (Lipinski definition) is 3. The molecular weight excluding hydrogens is 316 g/mol. The summed E-state index contributed by atoms with van der Waals surface area (Å²) in [7, 11) is 0. The van der Waals surface area contributed by atoms with Crippen LogP contribution in [-0.4, -0.2) is 31.5 Å². The molecule has 2 aromatic carbocycles. The molecule has 0 fully saturated rings. The third kappa shape index (κ3) is 5.64. The number of anilines is 1. The van der Waals surface area contributed by atoms with Gasteiger partial charge in [0.2, 0.25) is 5.91 Å². The molecule has 0 unspecified atom stereocenters. The highest BCUT2D eigenvalue weighted by Gasteiger charge is 2.14. The molecule has 0 aromatic heterocycles. The molecule has 2 rings (SSSR count). The van der Waals surface area contributed by atoms with Crippen LogP contribution in [0.25, 0.3) is 0 Å². The van der Waals surface area contributed by atoms with Crippen molar-refractivity contribution in [2.75, 3.05) is 24.6 Å². The Morgan fingerprint density at radius 1 is 1.04 bits per heavy atom. The minimum atomic E-state index is -0.212. The van der Waals surface area contributed by atoms with Crippen molar-refractivity contribution in [3.05, 3.63) is 60.2 Å². The van der Waals surface area contributed by atoms with E-state index in [1.807, 2.05) is 42.5 Å². The molecule has 2 amide bonds. The Morgan fingerprint density at radius 2 is 1.72 bits per heavy atom. The molecule has 0 saturated carbocycles. The summed E-state index contributed by atoms with van der Waals surface area (Å²) in [5.41, 5.74) is 2.00. The molecule has 0 spiro atoms. The van der Waals surface area contributed by atoms with Crippen molar-refractivity contribution in [2.45, 2.75) is 20.3 Å². The van der Waals surface area contributed by atoms with E-state index in [1.165, 1.54) is 6.92 Å². The first-order valence-electron chi connectivity index (χ1n) is 8.42. The molecule has 1 N–H and O–H groups in total. The molecule has 25 heavy (non-hydrogen) atoms. The number of amides is 2. The number of carbonyl (C=O) groups is 2. The van der Waals surface area contributed by atoms with Gasteiger partial charge in [0.1, 0.15) is 5.75 Å². The van der Waals surface area contributed by atoms with Crippen molar-refractivity contribution >= 4 is 17.5 Å². The average Bonchev–Trinajstić information content (AvgIpc) is 2.64. The highest BCUT2D eigenvalue weighted by molar-refractivity contribution is 5.92. The number of carbonyl (C=O) groups excluding carboxylic acids is 2. The van der Waals surface area contributed by atoms with E-state index < -0.39 is 0 Å². The summed E-state index contributed by atoms with van der Waals surface area (Å²) in [4.78, 5) is 25.6. The first-order valence-corrected chi connectivity index (χ1v) is 8.42. The highest BCUT2D eigenvalue weighted by atomic mass is 16.5. The van der Waals surface area contributed by atoms with Crippen LogP contribution in [0, 0.1) is 0 Å². The Balaban J connectivity index is 1.85. The lowest BCUT2D eigenvalue weighted by Crippen LogP contribution is -2.39. The van der Waals surface area contributed by atoms with Crippen molar-refractivity contribution in [1.82, 2.24) is 5.32 Å². The summed E-state index contributed by atoms with van der Waals surface area (Å²) in [6.45, 7) is 4.33. The van der Waals surface area contributed by atoms with Crippen molar-refractivity contribution in [3.8, 4) is 5.75 Å². The lowest BCUT2D eigenvalue weighted by molar-refractivity contribution is -0.123. The molecule has 0 atom stereocenters. The second-order valence-corrected chi connectivity index (χ2v) is 5.60. The van der Waals surface area contributed by atoms with Gasteiger partial charge in [-0.05, 0) is 30.2 Å². The zero-order valence-corrected chi connectivity index (χ0v) is 14.7. The molecule has 0 heterocycles. The largest absolute Gasteiger partial charge is 0.484 e. The number of hydrogen-bond donors (Lipinski definition) is 1. The van der Waals surface area contributed by atoms with E-state index in [1.54, 1.807) is 17.0 Å². The molecule has 2 aromatic rings. The van der Waals surface area contributed by atoms with Crippen LogP contribution in [0.4, 0.5) is 5.69 Å². The second kappa shape index (κ2) is 9.47.